The van der Waals surface area contributed by atoms with Crippen LogP contribution in [0.2, 0.25) is 0 Å². The Morgan fingerprint density at radius 2 is 1.21 bits per heavy atom. The Labute approximate surface area is 136 Å². The lowest BCUT2D eigenvalue weighted by Crippen LogP contribution is -2.39. The van der Waals surface area contributed by atoms with Crippen LogP contribution in [0.5, 0.6) is 0 Å². The van der Waals surface area contributed by atoms with Crippen molar-refractivity contribution in [2.75, 3.05) is 6.61 Å². The number of aliphatic carboxylic acids is 4. The molecule has 13 nitrogen and oxygen atoms in total. The molecule has 0 aliphatic heterocycles. The second kappa shape index (κ2) is 14.3. The summed E-state index contributed by atoms with van der Waals surface area (Å²) in [5, 5.41) is 48.5. The molecule has 0 saturated carbocycles. The van der Waals surface area contributed by atoms with Crippen LogP contribution in [-0.4, -0.2) is 85.4 Å². The molecular weight excluding hydrogens is 334 g/mol. The van der Waals surface area contributed by atoms with Crippen molar-refractivity contribution in [3.8, 4) is 0 Å². The maximum atomic E-state index is 9.86. The van der Waals surface area contributed by atoms with Gasteiger partial charge in [0, 0.05) is 0 Å². The van der Waals surface area contributed by atoms with Crippen LogP contribution in [0.3, 0.4) is 0 Å². The van der Waals surface area contributed by atoms with Gasteiger partial charge in [-0.25, -0.2) is 0 Å². The van der Waals surface area contributed by atoms with Gasteiger partial charge >= 0.3 is 23.9 Å². The van der Waals surface area contributed by atoms with E-state index in [0.717, 1.165) is 0 Å². The van der Waals surface area contributed by atoms with Gasteiger partial charge in [-0.15, -0.1) is 0 Å². The van der Waals surface area contributed by atoms with Gasteiger partial charge in [-0.05, 0) is 6.92 Å². The van der Waals surface area contributed by atoms with E-state index in [9.17, 15) is 19.2 Å². The molecular formula is C11H23N3O10. The summed E-state index contributed by atoms with van der Waals surface area (Å²) in [6.45, 7) is 0.827. The fourth-order valence-electron chi connectivity index (χ4n) is 0.560. The summed E-state index contributed by atoms with van der Waals surface area (Å²) < 4.78 is 0. The van der Waals surface area contributed by atoms with Crippen molar-refractivity contribution in [1.29, 1.82) is 0 Å². The van der Waals surface area contributed by atoms with Crippen LogP contribution in [0.25, 0.3) is 0 Å². The Hall–Kier alpha value is -2.32. The highest BCUT2D eigenvalue weighted by atomic mass is 16.4. The van der Waals surface area contributed by atoms with Gasteiger partial charge < -0.3 is 47.8 Å². The Morgan fingerprint density at radius 3 is 1.25 bits per heavy atom. The second-order valence-electron chi connectivity index (χ2n) is 4.27. The summed E-state index contributed by atoms with van der Waals surface area (Å²) in [5.41, 5.74) is 14.5. The molecule has 0 saturated heterocycles. The number of hydrogen-bond donors (Lipinski definition) is 9. The molecule has 0 amide bonds. The average Bonchev–Trinajstić information content (AvgIpc) is 2.45. The Kier molecular flexibility index (Phi) is 15.8. The molecule has 0 aromatic heterocycles. The second-order valence-corrected chi connectivity index (χ2v) is 4.27. The predicted octanol–water partition coefficient (Wildman–Crippen LogP) is -3.96. The van der Waals surface area contributed by atoms with Crippen molar-refractivity contribution in [2.24, 2.45) is 17.2 Å². The number of carboxylic acids is 4. The summed E-state index contributed by atoms with van der Waals surface area (Å²) >= 11 is 0. The zero-order valence-corrected chi connectivity index (χ0v) is 12.8. The van der Waals surface area contributed by atoms with Gasteiger partial charge in [0.25, 0.3) is 0 Å². The molecule has 0 aromatic carbocycles. The van der Waals surface area contributed by atoms with E-state index in [4.69, 9.17) is 47.8 Å². The number of rotatable bonds is 7. The maximum absolute atomic E-state index is 9.86. The third-order valence-electron chi connectivity index (χ3n) is 2.03. The minimum Gasteiger partial charge on any atom is -0.481 e. The predicted molar refractivity (Wildman–Crippen MR) is 77.9 cm³/mol. The standard InChI is InChI=1S/C4H7NO4.C4H9NO3.C3H7NO3/c5-2(4(8)9)1-3(6)7;1-2(6)3(5)4(7)8;4-2(1-5)3(6)7/h2H,1,5H2,(H,6,7)(H,8,9);2-3,6H,5H2,1H3,(H,7,8);2,5H,1,4H2,(H,6,7)/t2-;2-,3+;2-/m010/s1. The minimum atomic E-state index is -1.29. The highest BCUT2D eigenvalue weighted by molar-refractivity contribution is 5.80. The third-order valence-corrected chi connectivity index (χ3v) is 2.03. The summed E-state index contributed by atoms with van der Waals surface area (Å²) in [7, 11) is 0. The van der Waals surface area contributed by atoms with Crippen LogP contribution in [0.1, 0.15) is 13.3 Å². The van der Waals surface area contributed by atoms with Crippen molar-refractivity contribution < 1.29 is 49.8 Å². The first-order valence-corrected chi connectivity index (χ1v) is 6.23. The lowest BCUT2D eigenvalue weighted by atomic mass is 10.2. The monoisotopic (exact) mass is 357 g/mol. The number of aliphatic hydroxyl groups is 2. The van der Waals surface area contributed by atoms with Crippen LogP contribution < -0.4 is 17.2 Å². The zero-order chi connectivity index (χ0) is 20.0. The van der Waals surface area contributed by atoms with Gasteiger partial charge in [0.1, 0.15) is 18.1 Å². The minimum absolute atomic E-state index is 0.505. The molecule has 0 radical (unpaired) electrons. The smallest absolute Gasteiger partial charge is 0.323 e. The van der Waals surface area contributed by atoms with Crippen LogP contribution in [0.15, 0.2) is 0 Å². The maximum Gasteiger partial charge on any atom is 0.323 e. The van der Waals surface area contributed by atoms with E-state index in [1.165, 1.54) is 6.92 Å². The molecule has 0 rings (SSSR count). The molecule has 0 aromatic rings. The van der Waals surface area contributed by atoms with E-state index in [-0.39, 0.29) is 0 Å². The largest absolute Gasteiger partial charge is 0.481 e. The molecule has 24 heavy (non-hydrogen) atoms. The van der Waals surface area contributed by atoms with E-state index in [2.05, 4.69) is 0 Å². The fraction of sp³-hybridized carbons (Fsp3) is 0.636. The summed E-state index contributed by atoms with van der Waals surface area (Å²) in [4.78, 5) is 39.1. The number of aliphatic hydroxyl groups excluding tert-OH is 2. The lowest BCUT2D eigenvalue weighted by molar-refractivity contribution is -0.144. The molecule has 4 atom stereocenters. The van der Waals surface area contributed by atoms with Gasteiger partial charge in [-0.2, -0.15) is 0 Å². The number of hydrogen-bond acceptors (Lipinski definition) is 9. The van der Waals surface area contributed by atoms with Crippen molar-refractivity contribution in [3.63, 3.8) is 0 Å². The van der Waals surface area contributed by atoms with Gasteiger partial charge in [0.2, 0.25) is 0 Å². The van der Waals surface area contributed by atoms with E-state index >= 15 is 0 Å². The Morgan fingerprint density at radius 1 is 0.833 bits per heavy atom. The first-order valence-electron chi connectivity index (χ1n) is 6.23. The molecule has 0 aliphatic carbocycles. The molecule has 142 valence electrons. The van der Waals surface area contributed by atoms with Crippen molar-refractivity contribution >= 4 is 23.9 Å². The summed E-state index contributed by atoms with van der Waals surface area (Å²) in [6.07, 6.45) is -1.51. The van der Waals surface area contributed by atoms with Gasteiger partial charge in [0.15, 0.2) is 0 Å². The average molecular weight is 357 g/mol. The molecule has 13 heteroatoms. The van der Waals surface area contributed by atoms with Crippen molar-refractivity contribution in [1.82, 2.24) is 0 Å². The molecule has 0 heterocycles. The SMILES string of the molecule is C[C@@H](O)[C@H](N)C(=O)O.N[C@@H](CC(=O)O)C(=O)O.N[C@@H](CO)C(=O)O. The van der Waals surface area contributed by atoms with Gasteiger partial charge in [-0.1, -0.05) is 0 Å². The van der Waals surface area contributed by atoms with Crippen LogP contribution in [0.4, 0.5) is 0 Å². The Bertz CT molecular complexity index is 415. The Balaban J connectivity index is -0.000000278. The topological polar surface area (TPSA) is 268 Å². The van der Waals surface area contributed by atoms with Crippen molar-refractivity contribution in [2.45, 2.75) is 37.6 Å². The van der Waals surface area contributed by atoms with E-state index in [1.54, 1.807) is 0 Å². The molecule has 0 aliphatic rings. The lowest BCUT2D eigenvalue weighted by Gasteiger charge is -2.06. The fourth-order valence-corrected chi connectivity index (χ4v) is 0.560. The highest BCUT2D eigenvalue weighted by Crippen LogP contribution is 1.86. The molecule has 0 unspecified atom stereocenters. The van der Waals surface area contributed by atoms with E-state index < -0.39 is 61.1 Å². The normalized spacial score (nSPS) is 14.4. The third kappa shape index (κ3) is 17.7. The molecule has 12 N–H and O–H groups in total. The molecule has 0 spiro atoms. The molecule has 0 bridgehead atoms. The van der Waals surface area contributed by atoms with Gasteiger partial charge in [-0.3, -0.25) is 19.2 Å². The highest BCUT2D eigenvalue weighted by Gasteiger charge is 2.16. The van der Waals surface area contributed by atoms with Crippen LogP contribution >= 0.6 is 0 Å². The van der Waals surface area contributed by atoms with Crippen LogP contribution in [0, 0.1) is 0 Å². The summed E-state index contributed by atoms with van der Waals surface area (Å²) in [6, 6.07) is -3.57. The first kappa shape index (κ1) is 26.6. The number of nitrogens with two attached hydrogens (primary N) is 3. The van der Waals surface area contributed by atoms with Crippen LogP contribution in [-0.2, 0) is 19.2 Å². The quantitative estimate of drug-likeness (QED) is 0.210. The van der Waals surface area contributed by atoms with Gasteiger partial charge in [0.05, 0.1) is 19.1 Å². The number of carbonyl (C=O) groups is 4. The van der Waals surface area contributed by atoms with Crippen molar-refractivity contribution in [3.05, 3.63) is 0 Å². The summed E-state index contributed by atoms with van der Waals surface area (Å²) in [5.74, 6) is -4.86. The van der Waals surface area contributed by atoms with E-state index in [0.29, 0.717) is 0 Å². The van der Waals surface area contributed by atoms with E-state index in [1.807, 2.05) is 0 Å². The first-order chi connectivity index (χ1) is 10.8. The number of carboxylic acid groups (broad SMARTS) is 4. The molecule has 0 fully saturated rings. The zero-order valence-electron chi connectivity index (χ0n) is 12.8.